The molecule has 1 aliphatic carbocycles. The number of hydrogen-bond donors (Lipinski definition) is 3. The molecule has 0 aromatic heterocycles. The van der Waals surface area contributed by atoms with E-state index in [9.17, 15) is 4.79 Å². The summed E-state index contributed by atoms with van der Waals surface area (Å²) in [4.78, 5) is 10.7. The molecule has 0 amide bonds. The summed E-state index contributed by atoms with van der Waals surface area (Å²) < 4.78 is 0. The minimum absolute atomic E-state index is 0.319. The highest BCUT2D eigenvalue weighted by Crippen LogP contribution is 2.11. The van der Waals surface area contributed by atoms with Crippen molar-refractivity contribution in [1.82, 2.24) is 5.32 Å². The summed E-state index contributed by atoms with van der Waals surface area (Å²) in [6.45, 7) is 0. The fourth-order valence-corrected chi connectivity index (χ4v) is 0.835. The predicted molar refractivity (Wildman–Crippen MR) is 38.9 cm³/mol. The van der Waals surface area contributed by atoms with E-state index in [4.69, 9.17) is 10.2 Å². The Morgan fingerprint density at radius 2 is 2.18 bits per heavy atom. The topological polar surface area (TPSA) is 69.6 Å². The fourth-order valence-electron chi connectivity index (χ4n) is 0.835. The zero-order valence-corrected chi connectivity index (χ0v) is 6.03. The molecule has 0 bridgehead atoms. The van der Waals surface area contributed by atoms with Gasteiger partial charge in [0.2, 0.25) is 0 Å². The SMILES string of the molecule is CNC1=C(O)C(O)C(=O)C=C1. The number of carbonyl (C=O) groups excluding carboxylic acids is 1. The number of ketones is 1. The quantitative estimate of drug-likeness (QED) is 0.476. The number of aliphatic hydroxyl groups excluding tert-OH is 2. The summed E-state index contributed by atoms with van der Waals surface area (Å²) in [5.41, 5.74) is 0.372. The first-order chi connectivity index (χ1) is 5.16. The van der Waals surface area contributed by atoms with Crippen LogP contribution in [-0.2, 0) is 4.79 Å². The number of likely N-dealkylation sites (N-methyl/N-ethyl adjacent to an activating group) is 1. The molecule has 0 aliphatic heterocycles. The van der Waals surface area contributed by atoms with E-state index in [0.29, 0.717) is 5.70 Å². The van der Waals surface area contributed by atoms with Crippen LogP contribution < -0.4 is 5.32 Å². The lowest BCUT2D eigenvalue weighted by Gasteiger charge is -2.14. The highest BCUT2D eigenvalue weighted by molar-refractivity contribution is 5.97. The zero-order valence-electron chi connectivity index (χ0n) is 6.03. The van der Waals surface area contributed by atoms with Crippen LogP contribution in [0.25, 0.3) is 0 Å². The van der Waals surface area contributed by atoms with Crippen molar-refractivity contribution in [3.63, 3.8) is 0 Å². The van der Waals surface area contributed by atoms with Gasteiger partial charge in [0, 0.05) is 7.05 Å². The third kappa shape index (κ3) is 1.25. The molecule has 4 nitrogen and oxygen atoms in total. The molecule has 3 N–H and O–H groups in total. The van der Waals surface area contributed by atoms with Crippen LogP contribution in [0.2, 0.25) is 0 Å². The van der Waals surface area contributed by atoms with Gasteiger partial charge in [-0.15, -0.1) is 0 Å². The van der Waals surface area contributed by atoms with Crippen LogP contribution in [0.15, 0.2) is 23.6 Å². The first-order valence-corrected chi connectivity index (χ1v) is 3.17. The Kier molecular flexibility index (Phi) is 1.96. The Morgan fingerprint density at radius 3 is 2.73 bits per heavy atom. The van der Waals surface area contributed by atoms with Gasteiger partial charge in [-0.1, -0.05) is 0 Å². The number of allylic oxidation sites excluding steroid dienone is 1. The van der Waals surface area contributed by atoms with Gasteiger partial charge in [0.25, 0.3) is 0 Å². The first kappa shape index (κ1) is 7.81. The Balaban J connectivity index is 2.96. The zero-order chi connectivity index (χ0) is 8.43. The molecule has 0 saturated heterocycles. The molecule has 1 unspecified atom stereocenters. The molecule has 0 radical (unpaired) electrons. The molecule has 1 atom stereocenters. The second-order valence-electron chi connectivity index (χ2n) is 2.19. The first-order valence-electron chi connectivity index (χ1n) is 3.17. The highest BCUT2D eigenvalue weighted by Gasteiger charge is 2.23. The van der Waals surface area contributed by atoms with Gasteiger partial charge in [-0.25, -0.2) is 0 Å². The smallest absolute Gasteiger partial charge is 0.192 e. The van der Waals surface area contributed by atoms with Gasteiger partial charge in [-0.2, -0.15) is 0 Å². The number of aliphatic hydroxyl groups is 2. The molecule has 0 heterocycles. The van der Waals surface area contributed by atoms with Crippen molar-refractivity contribution in [3.8, 4) is 0 Å². The van der Waals surface area contributed by atoms with Gasteiger partial charge in [-0.05, 0) is 12.2 Å². The molecule has 60 valence electrons. The standard InChI is InChI=1S/C7H9NO3/c1-8-4-2-3-5(9)7(11)6(4)10/h2-3,7-8,10-11H,1H3. The van der Waals surface area contributed by atoms with Gasteiger partial charge in [0.1, 0.15) is 0 Å². The monoisotopic (exact) mass is 155 g/mol. The van der Waals surface area contributed by atoms with Crippen LogP contribution in [0.4, 0.5) is 0 Å². The summed E-state index contributed by atoms with van der Waals surface area (Å²) in [7, 11) is 1.60. The van der Waals surface area contributed by atoms with E-state index in [1.807, 2.05) is 0 Å². The van der Waals surface area contributed by atoms with Gasteiger partial charge in [0.05, 0.1) is 5.70 Å². The maximum atomic E-state index is 10.7. The van der Waals surface area contributed by atoms with Crippen molar-refractivity contribution in [1.29, 1.82) is 0 Å². The molecule has 0 aromatic carbocycles. The highest BCUT2D eigenvalue weighted by atomic mass is 16.3. The molecular formula is C7H9NO3. The van der Waals surface area contributed by atoms with Gasteiger partial charge in [-0.3, -0.25) is 4.79 Å². The van der Waals surface area contributed by atoms with E-state index in [0.717, 1.165) is 0 Å². The number of rotatable bonds is 1. The third-order valence-corrected chi connectivity index (χ3v) is 1.49. The van der Waals surface area contributed by atoms with Crippen LogP contribution >= 0.6 is 0 Å². The van der Waals surface area contributed by atoms with Crippen LogP contribution in [0, 0.1) is 0 Å². The van der Waals surface area contributed by atoms with Crippen molar-refractivity contribution in [2.24, 2.45) is 0 Å². The van der Waals surface area contributed by atoms with Crippen LogP contribution in [0.5, 0.6) is 0 Å². The fraction of sp³-hybridized carbons (Fsp3) is 0.286. The molecule has 0 saturated carbocycles. The van der Waals surface area contributed by atoms with E-state index in [1.54, 1.807) is 7.05 Å². The largest absolute Gasteiger partial charge is 0.507 e. The van der Waals surface area contributed by atoms with Crippen LogP contribution in [-0.4, -0.2) is 29.1 Å². The van der Waals surface area contributed by atoms with Gasteiger partial charge >= 0.3 is 0 Å². The predicted octanol–water partition coefficient (Wildman–Crippen LogP) is -0.525. The minimum Gasteiger partial charge on any atom is -0.507 e. The van der Waals surface area contributed by atoms with Crippen molar-refractivity contribution < 1.29 is 15.0 Å². The molecule has 0 aromatic rings. The van der Waals surface area contributed by atoms with E-state index < -0.39 is 11.9 Å². The Bertz CT molecular complexity index is 242. The third-order valence-electron chi connectivity index (χ3n) is 1.49. The maximum absolute atomic E-state index is 10.7. The molecule has 11 heavy (non-hydrogen) atoms. The van der Waals surface area contributed by atoms with Crippen molar-refractivity contribution in [3.05, 3.63) is 23.6 Å². The number of hydrogen-bond acceptors (Lipinski definition) is 4. The van der Waals surface area contributed by atoms with Crippen molar-refractivity contribution in [2.45, 2.75) is 6.10 Å². The van der Waals surface area contributed by atoms with Crippen LogP contribution in [0.1, 0.15) is 0 Å². The Morgan fingerprint density at radius 1 is 1.55 bits per heavy atom. The molecule has 0 fully saturated rings. The number of carbonyl (C=O) groups is 1. The molecule has 1 rings (SSSR count). The Labute approximate surface area is 63.8 Å². The van der Waals surface area contributed by atoms with Crippen LogP contribution in [0.3, 0.4) is 0 Å². The maximum Gasteiger partial charge on any atom is 0.192 e. The molecule has 4 heteroatoms. The summed E-state index contributed by atoms with van der Waals surface area (Å²) >= 11 is 0. The molecule has 1 aliphatic rings. The lowest BCUT2D eigenvalue weighted by molar-refractivity contribution is -0.122. The van der Waals surface area contributed by atoms with E-state index in [2.05, 4.69) is 5.32 Å². The van der Waals surface area contributed by atoms with E-state index in [-0.39, 0.29) is 5.76 Å². The van der Waals surface area contributed by atoms with Gasteiger partial charge in [0.15, 0.2) is 17.6 Å². The summed E-state index contributed by atoms with van der Waals surface area (Å²) in [5, 5.41) is 20.7. The second-order valence-corrected chi connectivity index (χ2v) is 2.19. The van der Waals surface area contributed by atoms with Crippen molar-refractivity contribution >= 4 is 5.78 Å². The summed E-state index contributed by atoms with van der Waals surface area (Å²) in [6.07, 6.45) is 1.24. The lowest BCUT2D eigenvalue weighted by Crippen LogP contribution is -2.27. The normalized spacial score (nSPS) is 24.2. The summed E-state index contributed by atoms with van der Waals surface area (Å²) in [6, 6.07) is 0. The summed E-state index contributed by atoms with van der Waals surface area (Å²) in [5.74, 6) is -0.818. The molecular weight excluding hydrogens is 146 g/mol. The average Bonchev–Trinajstić information content (AvgIpc) is 2.01. The average molecular weight is 155 g/mol. The lowest BCUT2D eigenvalue weighted by atomic mass is 10.1. The van der Waals surface area contributed by atoms with Gasteiger partial charge < -0.3 is 15.5 Å². The second kappa shape index (κ2) is 2.75. The van der Waals surface area contributed by atoms with Crippen molar-refractivity contribution in [2.75, 3.05) is 7.05 Å². The molecule has 0 spiro atoms. The van der Waals surface area contributed by atoms with E-state index in [1.165, 1.54) is 12.2 Å². The minimum atomic E-state index is -1.40. The number of nitrogens with one attached hydrogen (secondary N) is 1. The van der Waals surface area contributed by atoms with E-state index >= 15 is 0 Å². The Hall–Kier alpha value is -1.29.